The van der Waals surface area contributed by atoms with Crippen molar-refractivity contribution in [1.82, 2.24) is 10.3 Å². The van der Waals surface area contributed by atoms with Crippen molar-refractivity contribution in [1.29, 1.82) is 0 Å². The molecule has 0 fully saturated rings. The molecule has 0 spiro atoms. The molecule has 2 atom stereocenters. The molecule has 0 aliphatic heterocycles. The van der Waals surface area contributed by atoms with Crippen LogP contribution in [0.2, 0.25) is 0 Å². The molecule has 24 heavy (non-hydrogen) atoms. The fourth-order valence-corrected chi connectivity index (χ4v) is 3.25. The molecule has 1 aliphatic rings. The Hall–Kier alpha value is -2.43. The standard InChI is InChI=1S/C20H20N2O2/c1-13-6-8-14(9-7-13)20-22-16(12-24-20)11-21-19-17-5-3-2-4-15(17)10-18(19)23/h2-9,12,18-19,21,23H,10-11H2,1H3/t18-,19+/m0/s1. The summed E-state index contributed by atoms with van der Waals surface area (Å²) < 4.78 is 5.59. The van der Waals surface area contributed by atoms with Gasteiger partial charge in [-0.2, -0.15) is 0 Å². The number of aliphatic hydroxyl groups excluding tert-OH is 1. The third-order valence-corrected chi connectivity index (χ3v) is 4.56. The summed E-state index contributed by atoms with van der Waals surface area (Å²) in [7, 11) is 0. The number of aryl methyl sites for hydroxylation is 1. The molecule has 1 aromatic heterocycles. The van der Waals surface area contributed by atoms with Gasteiger partial charge in [0.15, 0.2) is 0 Å². The lowest BCUT2D eigenvalue weighted by molar-refractivity contribution is 0.140. The predicted octanol–water partition coefficient (Wildman–Crippen LogP) is 3.40. The summed E-state index contributed by atoms with van der Waals surface area (Å²) in [5, 5.41) is 13.7. The molecule has 1 aliphatic carbocycles. The lowest BCUT2D eigenvalue weighted by Crippen LogP contribution is -2.28. The van der Waals surface area contributed by atoms with Gasteiger partial charge in [-0.05, 0) is 30.2 Å². The van der Waals surface area contributed by atoms with Gasteiger partial charge in [-0.15, -0.1) is 0 Å². The number of hydrogen-bond donors (Lipinski definition) is 2. The third-order valence-electron chi connectivity index (χ3n) is 4.56. The smallest absolute Gasteiger partial charge is 0.226 e. The number of rotatable bonds is 4. The van der Waals surface area contributed by atoms with Crippen molar-refractivity contribution in [2.75, 3.05) is 0 Å². The van der Waals surface area contributed by atoms with Crippen LogP contribution in [0, 0.1) is 6.92 Å². The van der Waals surface area contributed by atoms with E-state index in [2.05, 4.69) is 29.4 Å². The number of benzene rings is 2. The Kier molecular flexibility index (Phi) is 3.92. The van der Waals surface area contributed by atoms with Crippen LogP contribution in [0.25, 0.3) is 11.5 Å². The zero-order chi connectivity index (χ0) is 16.5. The highest BCUT2D eigenvalue weighted by atomic mass is 16.3. The Labute approximate surface area is 141 Å². The van der Waals surface area contributed by atoms with Crippen molar-refractivity contribution in [2.45, 2.75) is 32.0 Å². The van der Waals surface area contributed by atoms with E-state index in [0.717, 1.165) is 11.3 Å². The second-order valence-electron chi connectivity index (χ2n) is 6.34. The van der Waals surface area contributed by atoms with Crippen molar-refractivity contribution in [2.24, 2.45) is 0 Å². The molecule has 2 N–H and O–H groups in total. The van der Waals surface area contributed by atoms with Crippen LogP contribution in [-0.2, 0) is 13.0 Å². The van der Waals surface area contributed by atoms with Crippen LogP contribution < -0.4 is 5.32 Å². The summed E-state index contributed by atoms with van der Waals surface area (Å²) in [5.74, 6) is 0.624. The van der Waals surface area contributed by atoms with Gasteiger partial charge < -0.3 is 14.8 Å². The van der Waals surface area contributed by atoms with Gasteiger partial charge in [0.2, 0.25) is 5.89 Å². The van der Waals surface area contributed by atoms with Crippen molar-refractivity contribution >= 4 is 0 Å². The minimum atomic E-state index is -0.397. The molecule has 1 heterocycles. The minimum absolute atomic E-state index is 0.0549. The van der Waals surface area contributed by atoms with Gasteiger partial charge in [0.1, 0.15) is 6.26 Å². The number of aliphatic hydroxyl groups is 1. The van der Waals surface area contributed by atoms with Crippen molar-refractivity contribution in [3.63, 3.8) is 0 Å². The first-order valence-electron chi connectivity index (χ1n) is 8.21. The van der Waals surface area contributed by atoms with Crippen LogP contribution in [-0.4, -0.2) is 16.2 Å². The van der Waals surface area contributed by atoms with E-state index in [1.54, 1.807) is 6.26 Å². The Bertz CT molecular complexity index is 839. The molecule has 0 amide bonds. The normalized spacial score (nSPS) is 19.4. The van der Waals surface area contributed by atoms with Gasteiger partial charge in [0.25, 0.3) is 0 Å². The van der Waals surface area contributed by atoms with Gasteiger partial charge in [-0.1, -0.05) is 42.0 Å². The van der Waals surface area contributed by atoms with E-state index in [1.165, 1.54) is 16.7 Å². The van der Waals surface area contributed by atoms with E-state index in [0.29, 0.717) is 18.9 Å². The molecule has 0 radical (unpaired) electrons. The van der Waals surface area contributed by atoms with Crippen molar-refractivity contribution < 1.29 is 9.52 Å². The maximum Gasteiger partial charge on any atom is 0.226 e. The molecular formula is C20H20N2O2. The summed E-state index contributed by atoms with van der Waals surface area (Å²) >= 11 is 0. The highest BCUT2D eigenvalue weighted by Gasteiger charge is 2.30. The topological polar surface area (TPSA) is 58.3 Å². The average molecular weight is 320 g/mol. The number of hydrogen-bond acceptors (Lipinski definition) is 4. The predicted molar refractivity (Wildman–Crippen MR) is 92.4 cm³/mol. The maximum atomic E-state index is 10.3. The zero-order valence-electron chi connectivity index (χ0n) is 13.6. The first-order valence-corrected chi connectivity index (χ1v) is 8.21. The third kappa shape index (κ3) is 2.86. The molecular weight excluding hydrogens is 300 g/mol. The SMILES string of the molecule is Cc1ccc(-c2nc(CN[C@@H]3c4ccccc4C[C@@H]3O)co2)cc1. The first kappa shape index (κ1) is 15.1. The molecule has 4 rings (SSSR count). The summed E-state index contributed by atoms with van der Waals surface area (Å²) in [4.78, 5) is 4.54. The highest BCUT2D eigenvalue weighted by Crippen LogP contribution is 2.31. The highest BCUT2D eigenvalue weighted by molar-refractivity contribution is 5.53. The summed E-state index contributed by atoms with van der Waals surface area (Å²) in [5.41, 5.74) is 5.40. The Morgan fingerprint density at radius 2 is 1.96 bits per heavy atom. The molecule has 4 nitrogen and oxygen atoms in total. The number of fused-ring (bicyclic) bond motifs is 1. The minimum Gasteiger partial charge on any atom is -0.444 e. The van der Waals surface area contributed by atoms with E-state index in [-0.39, 0.29) is 6.04 Å². The van der Waals surface area contributed by atoms with Crippen LogP contribution in [0.1, 0.15) is 28.4 Å². The zero-order valence-corrected chi connectivity index (χ0v) is 13.6. The van der Waals surface area contributed by atoms with Crippen LogP contribution in [0.4, 0.5) is 0 Å². The molecule has 0 saturated carbocycles. The second kappa shape index (κ2) is 6.23. The Morgan fingerprint density at radius 1 is 1.17 bits per heavy atom. The fraction of sp³-hybridized carbons (Fsp3) is 0.250. The van der Waals surface area contributed by atoms with E-state index in [1.807, 2.05) is 36.4 Å². The number of oxazole rings is 1. The Morgan fingerprint density at radius 3 is 2.79 bits per heavy atom. The molecule has 4 heteroatoms. The summed E-state index contributed by atoms with van der Waals surface area (Å²) in [6.45, 7) is 2.62. The molecule has 2 aromatic carbocycles. The van der Waals surface area contributed by atoms with Gasteiger partial charge >= 0.3 is 0 Å². The summed E-state index contributed by atoms with van der Waals surface area (Å²) in [6, 6.07) is 16.2. The van der Waals surface area contributed by atoms with Crippen LogP contribution in [0.3, 0.4) is 0 Å². The van der Waals surface area contributed by atoms with E-state index < -0.39 is 6.10 Å². The monoisotopic (exact) mass is 320 g/mol. The molecule has 0 bridgehead atoms. The molecule has 3 aromatic rings. The quantitative estimate of drug-likeness (QED) is 0.773. The van der Waals surface area contributed by atoms with Crippen molar-refractivity contribution in [3.8, 4) is 11.5 Å². The molecule has 122 valence electrons. The molecule has 0 unspecified atom stereocenters. The number of nitrogens with one attached hydrogen (secondary N) is 1. The van der Waals surface area contributed by atoms with Gasteiger partial charge in [-0.3, -0.25) is 0 Å². The lowest BCUT2D eigenvalue weighted by atomic mass is 10.1. The number of nitrogens with zero attached hydrogens (tertiary/aromatic N) is 1. The van der Waals surface area contributed by atoms with Gasteiger partial charge in [-0.25, -0.2) is 4.98 Å². The first-order chi connectivity index (χ1) is 11.7. The second-order valence-corrected chi connectivity index (χ2v) is 6.34. The Balaban J connectivity index is 1.46. The maximum absolute atomic E-state index is 10.3. The average Bonchev–Trinajstić information content (AvgIpc) is 3.17. The van der Waals surface area contributed by atoms with E-state index >= 15 is 0 Å². The summed E-state index contributed by atoms with van der Waals surface area (Å²) in [6.07, 6.45) is 1.97. The largest absolute Gasteiger partial charge is 0.444 e. The fourth-order valence-electron chi connectivity index (χ4n) is 3.25. The van der Waals surface area contributed by atoms with Gasteiger partial charge in [0, 0.05) is 18.5 Å². The van der Waals surface area contributed by atoms with Crippen LogP contribution in [0.5, 0.6) is 0 Å². The van der Waals surface area contributed by atoms with Crippen LogP contribution >= 0.6 is 0 Å². The lowest BCUT2D eigenvalue weighted by Gasteiger charge is -2.16. The van der Waals surface area contributed by atoms with Gasteiger partial charge in [0.05, 0.1) is 17.8 Å². The number of aromatic nitrogens is 1. The van der Waals surface area contributed by atoms with E-state index in [9.17, 15) is 5.11 Å². The van der Waals surface area contributed by atoms with E-state index in [4.69, 9.17) is 4.42 Å². The van der Waals surface area contributed by atoms with Crippen molar-refractivity contribution in [3.05, 3.63) is 77.2 Å². The van der Waals surface area contributed by atoms with Crippen LogP contribution in [0.15, 0.2) is 59.2 Å². The molecule has 0 saturated heterocycles.